The summed E-state index contributed by atoms with van der Waals surface area (Å²) in [6.07, 6.45) is 1.00. The van der Waals surface area contributed by atoms with Gasteiger partial charge in [-0.15, -0.1) is 0 Å². The number of nitrogens with two attached hydrogens (primary N) is 1. The van der Waals surface area contributed by atoms with E-state index in [1.165, 1.54) is 0 Å². The molecule has 12 heavy (non-hydrogen) atoms. The molecule has 1 saturated heterocycles. The molecule has 0 aromatic heterocycles. The second kappa shape index (κ2) is 4.42. The lowest BCUT2D eigenvalue weighted by Gasteiger charge is -2.34. The molecule has 1 aliphatic heterocycles. The van der Waals surface area contributed by atoms with E-state index in [1.54, 1.807) is 0 Å². The third-order valence-corrected chi connectivity index (χ3v) is 2.06. The Hall–Kier alpha value is -0.610. The molecule has 69 valence electrons. The van der Waals surface area contributed by atoms with E-state index >= 15 is 0 Å². The molecule has 4 N–H and O–H groups in total. The average Bonchev–Trinajstić information content (AvgIpc) is 2.05. The third-order valence-electron chi connectivity index (χ3n) is 2.06. The summed E-state index contributed by atoms with van der Waals surface area (Å²) in [5.74, 6) is 0.256. The Kier molecular flexibility index (Phi) is 3.49. The number of hydrogen-bond acceptors (Lipinski definition) is 3. The van der Waals surface area contributed by atoms with E-state index in [2.05, 4.69) is 23.7 Å². The highest BCUT2D eigenvalue weighted by molar-refractivity contribution is 5.83. The smallest absolute Gasteiger partial charge is 0.110 e. The Balaban J connectivity index is 2.48. The molecule has 0 aromatic rings. The van der Waals surface area contributed by atoms with Crippen molar-refractivity contribution in [1.82, 2.24) is 10.2 Å². The summed E-state index contributed by atoms with van der Waals surface area (Å²) in [5, 5.41) is 10.6. The van der Waals surface area contributed by atoms with Crippen molar-refractivity contribution in [2.45, 2.75) is 19.4 Å². The van der Waals surface area contributed by atoms with Gasteiger partial charge in [0.2, 0.25) is 0 Å². The van der Waals surface area contributed by atoms with Crippen molar-refractivity contribution in [2.75, 3.05) is 19.6 Å². The van der Waals surface area contributed by atoms with Gasteiger partial charge in [-0.05, 0) is 6.42 Å². The predicted molar refractivity (Wildman–Crippen MR) is 49.9 cm³/mol. The van der Waals surface area contributed by atoms with Gasteiger partial charge in [0.25, 0.3) is 0 Å². The first-order chi connectivity index (χ1) is 5.75. The molecule has 1 fully saturated rings. The molecule has 1 heterocycles. The standard InChI is InChI=1S/C8H17N4/c1-2-4-12-5-3-11-6-7(12)8(9)10/h4,7,11H,2-3,5-6H2,1H3,(H3,9,10). The topological polar surface area (TPSA) is 65.1 Å². The lowest BCUT2D eigenvalue weighted by atomic mass is 10.1. The third kappa shape index (κ3) is 2.19. The van der Waals surface area contributed by atoms with Crippen LogP contribution in [0.4, 0.5) is 0 Å². The van der Waals surface area contributed by atoms with E-state index in [1.807, 2.05) is 0 Å². The van der Waals surface area contributed by atoms with Crippen molar-refractivity contribution in [3.8, 4) is 0 Å². The summed E-state index contributed by atoms with van der Waals surface area (Å²) in [6.45, 7) is 6.95. The van der Waals surface area contributed by atoms with Crippen molar-refractivity contribution < 1.29 is 0 Å². The van der Waals surface area contributed by atoms with Crippen molar-refractivity contribution in [3.05, 3.63) is 6.54 Å². The first-order valence-corrected chi connectivity index (χ1v) is 4.39. The number of hydrogen-bond donors (Lipinski definition) is 3. The van der Waals surface area contributed by atoms with Crippen molar-refractivity contribution in [1.29, 1.82) is 5.41 Å². The molecule has 1 radical (unpaired) electrons. The summed E-state index contributed by atoms with van der Waals surface area (Å²) in [5.41, 5.74) is 5.47. The fraction of sp³-hybridized carbons (Fsp3) is 0.750. The Bertz CT molecular complexity index is 155. The van der Waals surface area contributed by atoms with Crippen LogP contribution in [-0.2, 0) is 0 Å². The zero-order valence-corrected chi connectivity index (χ0v) is 7.51. The van der Waals surface area contributed by atoms with Crippen LogP contribution in [0.25, 0.3) is 0 Å². The molecule has 4 heteroatoms. The highest BCUT2D eigenvalue weighted by Crippen LogP contribution is 2.06. The number of rotatable bonds is 3. The molecular weight excluding hydrogens is 152 g/mol. The minimum atomic E-state index is 0.0682. The minimum Gasteiger partial charge on any atom is -0.386 e. The van der Waals surface area contributed by atoms with Crippen molar-refractivity contribution >= 4 is 5.84 Å². The van der Waals surface area contributed by atoms with Crippen LogP contribution >= 0.6 is 0 Å². The first kappa shape index (κ1) is 9.48. The molecule has 1 atom stereocenters. The lowest BCUT2D eigenvalue weighted by Crippen LogP contribution is -2.55. The van der Waals surface area contributed by atoms with Crippen LogP contribution in [0.3, 0.4) is 0 Å². The average molecular weight is 169 g/mol. The van der Waals surface area contributed by atoms with Gasteiger partial charge in [0, 0.05) is 26.2 Å². The normalized spacial score (nSPS) is 25.6. The predicted octanol–water partition coefficient (Wildman–Crippen LogP) is -0.232. The number of nitrogens with one attached hydrogen (secondary N) is 2. The molecular formula is C8H17N4. The molecule has 0 aromatic carbocycles. The maximum absolute atomic E-state index is 7.37. The molecule has 1 rings (SSSR count). The van der Waals surface area contributed by atoms with E-state index < -0.39 is 0 Å². The molecule has 0 saturated carbocycles. The largest absolute Gasteiger partial charge is 0.386 e. The Morgan fingerprint density at radius 1 is 1.83 bits per heavy atom. The van der Waals surface area contributed by atoms with Gasteiger partial charge < -0.3 is 11.1 Å². The van der Waals surface area contributed by atoms with E-state index in [-0.39, 0.29) is 11.9 Å². The van der Waals surface area contributed by atoms with Gasteiger partial charge >= 0.3 is 0 Å². The Labute approximate surface area is 73.6 Å². The maximum Gasteiger partial charge on any atom is 0.110 e. The fourth-order valence-corrected chi connectivity index (χ4v) is 1.46. The van der Waals surface area contributed by atoms with Crippen LogP contribution in [0.1, 0.15) is 13.3 Å². The zero-order chi connectivity index (χ0) is 8.97. The number of piperazine rings is 1. The summed E-state index contributed by atoms with van der Waals surface area (Å²) in [7, 11) is 0. The van der Waals surface area contributed by atoms with Crippen LogP contribution in [0.5, 0.6) is 0 Å². The Morgan fingerprint density at radius 2 is 2.58 bits per heavy atom. The van der Waals surface area contributed by atoms with Crippen LogP contribution < -0.4 is 11.1 Å². The van der Waals surface area contributed by atoms with Gasteiger partial charge in [0.15, 0.2) is 0 Å². The van der Waals surface area contributed by atoms with E-state index in [0.29, 0.717) is 0 Å². The quantitative estimate of drug-likeness (QED) is 0.404. The van der Waals surface area contributed by atoms with Crippen LogP contribution in [-0.4, -0.2) is 36.4 Å². The summed E-state index contributed by atoms with van der Waals surface area (Å²) < 4.78 is 0. The summed E-state index contributed by atoms with van der Waals surface area (Å²) in [6, 6.07) is 0.0682. The highest BCUT2D eigenvalue weighted by atomic mass is 15.2. The highest BCUT2D eigenvalue weighted by Gasteiger charge is 2.23. The van der Waals surface area contributed by atoms with Gasteiger partial charge in [-0.1, -0.05) is 6.92 Å². The zero-order valence-electron chi connectivity index (χ0n) is 7.51. The minimum absolute atomic E-state index is 0.0682. The lowest BCUT2D eigenvalue weighted by molar-refractivity contribution is 0.244. The van der Waals surface area contributed by atoms with E-state index in [4.69, 9.17) is 11.1 Å². The van der Waals surface area contributed by atoms with Gasteiger partial charge in [-0.3, -0.25) is 10.3 Å². The second-order valence-corrected chi connectivity index (χ2v) is 3.00. The van der Waals surface area contributed by atoms with Gasteiger partial charge in [0.1, 0.15) is 5.84 Å². The van der Waals surface area contributed by atoms with Gasteiger partial charge in [-0.25, -0.2) is 0 Å². The molecule has 0 amide bonds. The van der Waals surface area contributed by atoms with Gasteiger partial charge in [0.05, 0.1) is 6.04 Å². The number of nitrogens with zero attached hydrogens (tertiary/aromatic N) is 1. The molecule has 0 spiro atoms. The molecule has 0 bridgehead atoms. The molecule has 1 aliphatic rings. The molecule has 0 aliphatic carbocycles. The number of amidine groups is 1. The van der Waals surface area contributed by atoms with Crippen LogP contribution in [0.15, 0.2) is 0 Å². The van der Waals surface area contributed by atoms with E-state index in [0.717, 1.165) is 26.1 Å². The summed E-state index contributed by atoms with van der Waals surface area (Å²) >= 11 is 0. The van der Waals surface area contributed by atoms with Crippen molar-refractivity contribution in [3.63, 3.8) is 0 Å². The molecule has 1 unspecified atom stereocenters. The van der Waals surface area contributed by atoms with Crippen LogP contribution in [0.2, 0.25) is 0 Å². The monoisotopic (exact) mass is 169 g/mol. The van der Waals surface area contributed by atoms with Crippen LogP contribution in [0, 0.1) is 12.0 Å². The van der Waals surface area contributed by atoms with Crippen molar-refractivity contribution in [2.24, 2.45) is 5.73 Å². The SMILES string of the molecule is CC[CH]N1CCNCC1C(=N)N. The van der Waals surface area contributed by atoms with Gasteiger partial charge in [-0.2, -0.15) is 0 Å². The second-order valence-electron chi connectivity index (χ2n) is 3.00. The maximum atomic E-state index is 7.37. The van der Waals surface area contributed by atoms with E-state index in [9.17, 15) is 0 Å². The molecule has 4 nitrogen and oxygen atoms in total. The fourth-order valence-electron chi connectivity index (χ4n) is 1.46. The Morgan fingerprint density at radius 3 is 3.17 bits per heavy atom. The summed E-state index contributed by atoms with van der Waals surface area (Å²) in [4.78, 5) is 2.15. The first-order valence-electron chi connectivity index (χ1n) is 4.39.